The molecule has 1 aliphatic heterocycles. The Morgan fingerprint density at radius 2 is 2.10 bits per heavy atom. The third-order valence-electron chi connectivity index (χ3n) is 2.62. The summed E-state index contributed by atoms with van der Waals surface area (Å²) in [4.78, 5) is 23.4. The van der Waals surface area contributed by atoms with Crippen molar-refractivity contribution < 1.29 is 19.9 Å². The largest absolute Gasteiger partial charge is 0.504 e. The quantitative estimate of drug-likeness (QED) is 0.282. The van der Waals surface area contributed by atoms with Crippen LogP contribution < -0.4 is 0 Å². The van der Waals surface area contributed by atoms with E-state index in [1.807, 2.05) is 0 Å². The highest BCUT2D eigenvalue weighted by Gasteiger charge is 2.30. The van der Waals surface area contributed by atoms with Crippen molar-refractivity contribution in [3.8, 4) is 11.5 Å². The molecule has 9 heteroatoms. The molecule has 1 amide bonds. The maximum absolute atomic E-state index is 11.8. The first kappa shape index (κ1) is 14.3. The molecule has 1 saturated heterocycles. The minimum absolute atomic E-state index is 0.0132. The molecule has 1 heterocycles. The van der Waals surface area contributed by atoms with Crippen molar-refractivity contribution in [1.29, 1.82) is 0 Å². The van der Waals surface area contributed by atoms with Crippen LogP contribution in [-0.4, -0.2) is 37.3 Å². The number of thiocarbonyl (C=S) groups is 1. The van der Waals surface area contributed by atoms with E-state index in [1.54, 1.807) is 0 Å². The summed E-state index contributed by atoms with van der Waals surface area (Å²) in [7, 11) is 1.50. The number of phenols is 2. The molecular formula is C11H8N2O5S2. The van der Waals surface area contributed by atoms with Crippen LogP contribution in [0.15, 0.2) is 17.0 Å². The van der Waals surface area contributed by atoms with E-state index in [-0.39, 0.29) is 16.4 Å². The number of nitro groups is 1. The number of nitro benzene ring substituents is 1. The Labute approximate surface area is 122 Å². The second kappa shape index (κ2) is 5.10. The number of carbonyl (C=O) groups excluding carboxylic acids is 1. The Morgan fingerprint density at radius 3 is 2.60 bits per heavy atom. The van der Waals surface area contributed by atoms with Crippen LogP contribution in [0, 0.1) is 10.1 Å². The zero-order chi connectivity index (χ0) is 15.0. The van der Waals surface area contributed by atoms with Gasteiger partial charge in [0.1, 0.15) is 4.32 Å². The number of thioether (sulfide) groups is 1. The lowest BCUT2D eigenvalue weighted by Gasteiger charge is -2.04. The minimum atomic E-state index is -0.837. The van der Waals surface area contributed by atoms with E-state index in [2.05, 4.69) is 0 Å². The van der Waals surface area contributed by atoms with Crippen molar-refractivity contribution in [3.05, 3.63) is 32.7 Å². The first-order chi connectivity index (χ1) is 9.32. The second-order valence-electron chi connectivity index (χ2n) is 3.87. The highest BCUT2D eigenvalue weighted by Crippen LogP contribution is 2.40. The lowest BCUT2D eigenvalue weighted by atomic mass is 10.1. The number of benzene rings is 1. The number of hydrogen-bond acceptors (Lipinski definition) is 7. The molecule has 20 heavy (non-hydrogen) atoms. The topological polar surface area (TPSA) is 104 Å². The van der Waals surface area contributed by atoms with Gasteiger partial charge in [-0.05, 0) is 18.2 Å². The molecule has 0 spiro atoms. The molecule has 1 fully saturated rings. The highest BCUT2D eigenvalue weighted by molar-refractivity contribution is 8.26. The van der Waals surface area contributed by atoms with E-state index in [4.69, 9.17) is 12.2 Å². The number of phenolic OH excluding ortho intramolecular Hbond substituents is 2. The Kier molecular flexibility index (Phi) is 3.64. The molecule has 0 saturated carbocycles. The van der Waals surface area contributed by atoms with Crippen LogP contribution in [0.25, 0.3) is 6.08 Å². The third-order valence-corrected chi connectivity index (χ3v) is 4.10. The second-order valence-corrected chi connectivity index (χ2v) is 5.54. The number of likely N-dealkylation sites (N-methyl/N-ethyl adjacent to an activating group) is 1. The summed E-state index contributed by atoms with van der Waals surface area (Å²) in [6.07, 6.45) is 1.26. The summed E-state index contributed by atoms with van der Waals surface area (Å²) >= 11 is 5.96. The van der Waals surface area contributed by atoms with Gasteiger partial charge in [-0.15, -0.1) is 0 Å². The van der Waals surface area contributed by atoms with Crippen LogP contribution in [0.2, 0.25) is 0 Å². The number of rotatable bonds is 2. The van der Waals surface area contributed by atoms with Gasteiger partial charge >= 0.3 is 5.69 Å². The van der Waals surface area contributed by atoms with Crippen LogP contribution in [-0.2, 0) is 4.79 Å². The molecule has 1 aromatic rings. The molecule has 2 N–H and O–H groups in total. The Hall–Kier alpha value is -2.13. The molecule has 0 aliphatic carbocycles. The van der Waals surface area contributed by atoms with Gasteiger partial charge in [-0.3, -0.25) is 19.8 Å². The first-order valence-electron chi connectivity index (χ1n) is 5.23. The minimum Gasteiger partial charge on any atom is -0.504 e. The maximum atomic E-state index is 11.8. The number of hydrogen-bond donors (Lipinski definition) is 2. The van der Waals surface area contributed by atoms with Gasteiger partial charge in [-0.25, -0.2) is 0 Å². The van der Waals surface area contributed by atoms with Crippen molar-refractivity contribution in [2.75, 3.05) is 7.05 Å². The van der Waals surface area contributed by atoms with Crippen LogP contribution >= 0.6 is 24.0 Å². The SMILES string of the molecule is CN1C(=O)C(=Cc2ccc(O)c(O)c2[N+](=O)[O-])SC1=S. The lowest BCUT2D eigenvalue weighted by Crippen LogP contribution is -2.22. The molecular weight excluding hydrogens is 304 g/mol. The smallest absolute Gasteiger partial charge is 0.321 e. The third kappa shape index (κ3) is 2.32. The molecule has 1 aromatic carbocycles. The summed E-state index contributed by atoms with van der Waals surface area (Å²) in [6, 6.07) is 2.36. The molecule has 2 rings (SSSR count). The fourth-order valence-corrected chi connectivity index (χ4v) is 2.75. The highest BCUT2D eigenvalue weighted by atomic mass is 32.2. The van der Waals surface area contributed by atoms with Crippen LogP contribution in [0.5, 0.6) is 11.5 Å². The first-order valence-corrected chi connectivity index (χ1v) is 6.46. The van der Waals surface area contributed by atoms with Crippen molar-refractivity contribution in [2.24, 2.45) is 0 Å². The fourth-order valence-electron chi connectivity index (χ4n) is 1.58. The van der Waals surface area contributed by atoms with Crippen molar-refractivity contribution in [1.82, 2.24) is 4.90 Å². The molecule has 104 valence electrons. The number of aromatic hydroxyl groups is 2. The summed E-state index contributed by atoms with van der Waals surface area (Å²) in [6.45, 7) is 0. The number of amides is 1. The number of nitrogens with zero attached hydrogens (tertiary/aromatic N) is 2. The summed E-state index contributed by atoms with van der Waals surface area (Å²) in [5, 5.41) is 29.8. The zero-order valence-electron chi connectivity index (χ0n) is 10.1. The molecule has 0 atom stereocenters. The predicted octanol–water partition coefficient (Wildman–Crippen LogP) is 1.84. The van der Waals surface area contributed by atoms with Gasteiger partial charge in [0.15, 0.2) is 5.75 Å². The van der Waals surface area contributed by atoms with Crippen molar-refractivity contribution in [2.45, 2.75) is 0 Å². The van der Waals surface area contributed by atoms with Gasteiger partial charge in [-0.1, -0.05) is 24.0 Å². The van der Waals surface area contributed by atoms with Crippen LogP contribution in [0.4, 0.5) is 5.69 Å². The fraction of sp³-hybridized carbons (Fsp3) is 0.0909. The zero-order valence-corrected chi connectivity index (χ0v) is 11.7. The predicted molar refractivity (Wildman–Crippen MR) is 77.4 cm³/mol. The lowest BCUT2D eigenvalue weighted by molar-refractivity contribution is -0.386. The van der Waals surface area contributed by atoms with Gasteiger partial charge < -0.3 is 10.2 Å². The van der Waals surface area contributed by atoms with Gasteiger partial charge in [-0.2, -0.15) is 0 Å². The molecule has 0 radical (unpaired) electrons. The standard InChI is InChI=1S/C11H8N2O5S2/c1-12-10(16)7(20-11(12)19)4-5-2-3-6(14)9(15)8(5)13(17)18/h2-4,14-15H,1H3. The van der Waals surface area contributed by atoms with E-state index in [0.717, 1.165) is 17.8 Å². The van der Waals surface area contributed by atoms with Crippen LogP contribution in [0.1, 0.15) is 5.56 Å². The van der Waals surface area contributed by atoms with E-state index >= 15 is 0 Å². The molecule has 0 aromatic heterocycles. The Bertz CT molecular complexity index is 671. The van der Waals surface area contributed by atoms with Crippen molar-refractivity contribution >= 4 is 46.0 Å². The van der Waals surface area contributed by atoms with Gasteiger partial charge in [0.2, 0.25) is 5.75 Å². The molecule has 1 aliphatic rings. The molecule has 0 bridgehead atoms. The Morgan fingerprint density at radius 1 is 1.45 bits per heavy atom. The summed E-state index contributed by atoms with van der Waals surface area (Å²) in [5.41, 5.74) is -0.648. The summed E-state index contributed by atoms with van der Waals surface area (Å²) in [5.74, 6) is -1.81. The van der Waals surface area contributed by atoms with Crippen LogP contribution in [0.3, 0.4) is 0 Å². The van der Waals surface area contributed by atoms with Gasteiger partial charge in [0, 0.05) is 7.05 Å². The normalized spacial score (nSPS) is 17.1. The van der Waals surface area contributed by atoms with E-state index in [0.29, 0.717) is 4.32 Å². The maximum Gasteiger partial charge on any atom is 0.321 e. The Balaban J connectivity index is 2.55. The van der Waals surface area contributed by atoms with E-state index < -0.39 is 22.1 Å². The average molecular weight is 312 g/mol. The van der Waals surface area contributed by atoms with Crippen molar-refractivity contribution in [3.63, 3.8) is 0 Å². The van der Waals surface area contributed by atoms with E-state index in [9.17, 15) is 25.1 Å². The average Bonchev–Trinajstić information content (AvgIpc) is 2.61. The van der Waals surface area contributed by atoms with Gasteiger partial charge in [0.25, 0.3) is 5.91 Å². The van der Waals surface area contributed by atoms with E-state index in [1.165, 1.54) is 24.1 Å². The monoisotopic (exact) mass is 312 g/mol. The molecule has 7 nitrogen and oxygen atoms in total. The summed E-state index contributed by atoms with van der Waals surface area (Å²) < 4.78 is 0.340. The molecule has 0 unspecified atom stereocenters. The number of carbonyl (C=O) groups is 1. The van der Waals surface area contributed by atoms with Gasteiger partial charge in [0.05, 0.1) is 15.4 Å².